The number of nitrogens with one attached hydrogen (secondary N) is 1. The van der Waals surface area contributed by atoms with Crippen molar-refractivity contribution in [3.8, 4) is 17.2 Å². The number of methoxy groups -OCH3 is 1. The molecule has 0 aliphatic heterocycles. The van der Waals surface area contributed by atoms with Crippen LogP contribution in [0.1, 0.15) is 5.56 Å². The zero-order valence-corrected chi connectivity index (χ0v) is 16.7. The fourth-order valence-electron chi connectivity index (χ4n) is 2.61. The molecule has 2 aromatic heterocycles. The van der Waals surface area contributed by atoms with Crippen LogP contribution in [0.15, 0.2) is 56.8 Å². The van der Waals surface area contributed by atoms with Crippen LogP contribution in [0.3, 0.4) is 0 Å². The van der Waals surface area contributed by atoms with Gasteiger partial charge in [-0.1, -0.05) is 11.6 Å². The van der Waals surface area contributed by atoms with Gasteiger partial charge in [-0.05, 0) is 42.8 Å². The van der Waals surface area contributed by atoms with Gasteiger partial charge in [-0.15, -0.1) is 0 Å². The maximum Gasteiger partial charge on any atom is 0.266 e. The van der Waals surface area contributed by atoms with Gasteiger partial charge in [-0.2, -0.15) is 5.10 Å². The van der Waals surface area contributed by atoms with Gasteiger partial charge in [0.1, 0.15) is 11.4 Å². The van der Waals surface area contributed by atoms with Crippen molar-refractivity contribution in [2.75, 3.05) is 13.7 Å². The van der Waals surface area contributed by atoms with Gasteiger partial charge in [0.05, 0.1) is 29.8 Å². The smallest absolute Gasteiger partial charge is 0.266 e. The topological polar surface area (TPSA) is 103 Å². The number of aromatic nitrogens is 2. The zero-order valence-electron chi connectivity index (χ0n) is 15.2. The number of rotatable bonds is 7. The molecule has 0 amide bonds. The lowest BCUT2D eigenvalue weighted by Gasteiger charge is -2.12. The Kier molecular flexibility index (Phi) is 5.87. The fraction of sp³-hybridized carbons (Fsp3) is 0.222. The van der Waals surface area contributed by atoms with Crippen molar-refractivity contribution < 1.29 is 17.6 Å². The van der Waals surface area contributed by atoms with Gasteiger partial charge in [-0.3, -0.25) is 4.79 Å². The highest BCUT2D eigenvalue weighted by molar-refractivity contribution is 7.89. The number of sulfonamides is 1. The van der Waals surface area contributed by atoms with Crippen molar-refractivity contribution in [1.82, 2.24) is 14.5 Å². The molecule has 0 unspecified atom stereocenters. The SMILES string of the molecule is COc1cc(C)c(S(=O)(=O)NCCn2nc(-c3ccco3)ccc2=O)cc1Cl. The third kappa shape index (κ3) is 4.27. The lowest BCUT2D eigenvalue weighted by atomic mass is 10.2. The van der Waals surface area contributed by atoms with Crippen LogP contribution in [0, 0.1) is 6.92 Å². The Morgan fingerprint density at radius 1 is 1.29 bits per heavy atom. The van der Waals surface area contributed by atoms with Crippen molar-refractivity contribution in [1.29, 1.82) is 0 Å². The molecule has 0 saturated carbocycles. The highest BCUT2D eigenvalue weighted by atomic mass is 35.5. The molecule has 3 aromatic rings. The summed E-state index contributed by atoms with van der Waals surface area (Å²) >= 11 is 6.04. The van der Waals surface area contributed by atoms with Gasteiger partial charge in [0.25, 0.3) is 5.56 Å². The second-order valence-electron chi connectivity index (χ2n) is 5.91. The Balaban J connectivity index is 1.75. The highest BCUT2D eigenvalue weighted by Crippen LogP contribution is 2.30. The number of halogens is 1. The van der Waals surface area contributed by atoms with Crippen molar-refractivity contribution >= 4 is 21.6 Å². The second-order valence-corrected chi connectivity index (χ2v) is 8.05. The first kappa shape index (κ1) is 20.1. The number of nitrogens with zero attached hydrogens (tertiary/aromatic N) is 2. The van der Waals surface area contributed by atoms with Crippen LogP contribution in [-0.4, -0.2) is 31.9 Å². The van der Waals surface area contributed by atoms with E-state index in [0.29, 0.717) is 22.8 Å². The van der Waals surface area contributed by atoms with Gasteiger partial charge < -0.3 is 9.15 Å². The molecule has 1 N–H and O–H groups in total. The summed E-state index contributed by atoms with van der Waals surface area (Å²) in [6.45, 7) is 1.67. The minimum Gasteiger partial charge on any atom is -0.495 e. The summed E-state index contributed by atoms with van der Waals surface area (Å²) < 4.78 is 39.2. The molecule has 0 spiro atoms. The van der Waals surface area contributed by atoms with Crippen LogP contribution < -0.4 is 15.0 Å². The van der Waals surface area contributed by atoms with E-state index >= 15 is 0 Å². The maximum atomic E-state index is 12.6. The summed E-state index contributed by atoms with van der Waals surface area (Å²) in [5.41, 5.74) is 0.618. The molecule has 10 heteroatoms. The number of hydrogen-bond donors (Lipinski definition) is 1. The maximum absolute atomic E-state index is 12.6. The molecule has 148 valence electrons. The molecule has 8 nitrogen and oxygen atoms in total. The second kappa shape index (κ2) is 8.17. The minimum absolute atomic E-state index is 0.0278. The van der Waals surface area contributed by atoms with Crippen LogP contribution in [0.4, 0.5) is 0 Å². The molecule has 0 bridgehead atoms. The molecule has 0 saturated heterocycles. The van der Waals surface area contributed by atoms with Crippen LogP contribution in [0.5, 0.6) is 5.75 Å². The predicted octanol–water partition coefficient (Wildman–Crippen LogP) is 2.45. The molecule has 0 aliphatic carbocycles. The van der Waals surface area contributed by atoms with Gasteiger partial charge in [0.2, 0.25) is 10.0 Å². The number of aryl methyl sites for hydroxylation is 1. The van der Waals surface area contributed by atoms with Gasteiger partial charge in [0, 0.05) is 12.6 Å². The molecule has 2 heterocycles. The number of ether oxygens (including phenoxy) is 1. The molecule has 3 rings (SSSR count). The van der Waals surface area contributed by atoms with Crippen molar-refractivity contribution in [2.45, 2.75) is 18.4 Å². The lowest BCUT2D eigenvalue weighted by Crippen LogP contribution is -2.32. The monoisotopic (exact) mass is 423 g/mol. The molecular weight excluding hydrogens is 406 g/mol. The van der Waals surface area contributed by atoms with E-state index in [-0.39, 0.29) is 28.6 Å². The lowest BCUT2D eigenvalue weighted by molar-refractivity contribution is 0.414. The summed E-state index contributed by atoms with van der Waals surface area (Å²) in [5.74, 6) is 0.904. The fourth-order valence-corrected chi connectivity index (χ4v) is 4.19. The van der Waals surface area contributed by atoms with Crippen molar-refractivity contribution in [3.05, 3.63) is 63.6 Å². The van der Waals surface area contributed by atoms with Crippen molar-refractivity contribution in [2.24, 2.45) is 0 Å². The zero-order chi connectivity index (χ0) is 20.3. The number of hydrogen-bond acceptors (Lipinski definition) is 6. The van der Waals surface area contributed by atoms with E-state index in [1.54, 1.807) is 31.2 Å². The molecule has 28 heavy (non-hydrogen) atoms. The Bertz CT molecular complexity index is 1140. The Labute approximate surface area is 166 Å². The molecular formula is C18H18ClN3O5S. The third-order valence-electron chi connectivity index (χ3n) is 3.99. The minimum atomic E-state index is -3.83. The normalized spacial score (nSPS) is 11.5. The van der Waals surface area contributed by atoms with E-state index in [1.807, 2.05) is 0 Å². The van der Waals surface area contributed by atoms with E-state index in [2.05, 4.69) is 9.82 Å². The Morgan fingerprint density at radius 2 is 2.07 bits per heavy atom. The summed E-state index contributed by atoms with van der Waals surface area (Å²) in [6.07, 6.45) is 1.50. The van der Waals surface area contributed by atoms with Gasteiger partial charge in [-0.25, -0.2) is 17.8 Å². The van der Waals surface area contributed by atoms with Gasteiger partial charge >= 0.3 is 0 Å². The summed E-state index contributed by atoms with van der Waals surface area (Å²) in [6, 6.07) is 9.21. The number of furan rings is 1. The largest absolute Gasteiger partial charge is 0.495 e. The van der Waals surface area contributed by atoms with Crippen LogP contribution in [0.2, 0.25) is 5.02 Å². The van der Waals surface area contributed by atoms with Gasteiger partial charge in [0.15, 0.2) is 5.76 Å². The summed E-state index contributed by atoms with van der Waals surface area (Å²) in [4.78, 5) is 12.0. The van der Waals surface area contributed by atoms with E-state index in [4.69, 9.17) is 20.8 Å². The quantitative estimate of drug-likeness (QED) is 0.626. The Morgan fingerprint density at radius 3 is 2.75 bits per heavy atom. The average molecular weight is 424 g/mol. The van der Waals surface area contributed by atoms with Crippen LogP contribution in [-0.2, 0) is 16.6 Å². The molecule has 0 atom stereocenters. The highest BCUT2D eigenvalue weighted by Gasteiger charge is 2.19. The van der Waals surface area contributed by atoms with Crippen LogP contribution >= 0.6 is 11.6 Å². The van der Waals surface area contributed by atoms with E-state index in [9.17, 15) is 13.2 Å². The summed E-state index contributed by atoms with van der Waals surface area (Å²) in [7, 11) is -2.37. The first-order chi connectivity index (χ1) is 13.3. The van der Waals surface area contributed by atoms with Crippen LogP contribution in [0.25, 0.3) is 11.5 Å². The standard InChI is InChI=1S/C18H18ClN3O5S/c1-12-10-16(26-2)13(19)11-17(12)28(24,25)20-7-8-22-18(23)6-5-14(21-22)15-4-3-9-27-15/h3-6,9-11,20H,7-8H2,1-2H3. The van der Waals surface area contributed by atoms with E-state index < -0.39 is 10.0 Å². The molecule has 0 radical (unpaired) electrons. The predicted molar refractivity (Wildman–Crippen MR) is 104 cm³/mol. The van der Waals surface area contributed by atoms with E-state index in [0.717, 1.165) is 0 Å². The first-order valence-corrected chi connectivity index (χ1v) is 10.1. The molecule has 0 fully saturated rings. The summed E-state index contributed by atoms with van der Waals surface area (Å²) in [5, 5.41) is 4.39. The molecule has 1 aromatic carbocycles. The first-order valence-electron chi connectivity index (χ1n) is 8.27. The Hall–Kier alpha value is -2.62. The third-order valence-corrected chi connectivity index (χ3v) is 5.89. The van der Waals surface area contributed by atoms with E-state index in [1.165, 1.54) is 30.2 Å². The molecule has 0 aliphatic rings. The van der Waals surface area contributed by atoms with Crippen molar-refractivity contribution in [3.63, 3.8) is 0 Å². The average Bonchev–Trinajstić information content (AvgIpc) is 3.19. The number of benzene rings is 1.